The van der Waals surface area contributed by atoms with Crippen LogP contribution in [0, 0.1) is 11.8 Å². The highest BCUT2D eigenvalue weighted by molar-refractivity contribution is 9.09. The molecule has 1 rings (SSSR count). The first-order chi connectivity index (χ1) is 6.69. The zero-order valence-electron chi connectivity index (χ0n) is 9.80. The minimum atomic E-state index is 0.799. The van der Waals surface area contributed by atoms with E-state index in [9.17, 15) is 0 Å². The van der Waals surface area contributed by atoms with E-state index in [1.54, 1.807) is 0 Å². The summed E-state index contributed by atoms with van der Waals surface area (Å²) in [6.45, 7) is 9.54. The molecule has 1 unspecified atom stereocenters. The number of rotatable bonds is 7. The van der Waals surface area contributed by atoms with E-state index in [1.165, 1.54) is 32.4 Å². The monoisotopic (exact) mass is 261 g/mol. The van der Waals surface area contributed by atoms with Crippen molar-refractivity contribution in [2.45, 2.75) is 46.1 Å². The van der Waals surface area contributed by atoms with Crippen LogP contribution in [0.25, 0.3) is 0 Å². The van der Waals surface area contributed by atoms with Crippen LogP contribution in [-0.4, -0.2) is 29.4 Å². The fourth-order valence-electron chi connectivity index (χ4n) is 1.89. The minimum absolute atomic E-state index is 0.799. The van der Waals surface area contributed by atoms with Crippen LogP contribution in [0.1, 0.15) is 40.0 Å². The first-order valence-electron chi connectivity index (χ1n) is 5.99. The van der Waals surface area contributed by atoms with E-state index in [2.05, 4.69) is 41.6 Å². The average Bonchev–Trinajstić information content (AvgIpc) is 2.94. The standard InChI is InChI=1S/C12H24BrN/c1-4-7-14(12-5-6-12)9-11(8-13)10(2)3/h10-12H,4-9H2,1-3H3. The van der Waals surface area contributed by atoms with E-state index in [1.807, 2.05) is 0 Å². The van der Waals surface area contributed by atoms with Gasteiger partial charge < -0.3 is 4.90 Å². The second-order valence-electron chi connectivity index (χ2n) is 4.88. The first-order valence-corrected chi connectivity index (χ1v) is 7.11. The normalized spacial score (nSPS) is 19.3. The van der Waals surface area contributed by atoms with Crippen molar-refractivity contribution in [1.82, 2.24) is 4.90 Å². The van der Waals surface area contributed by atoms with Gasteiger partial charge in [0.1, 0.15) is 0 Å². The summed E-state index contributed by atoms with van der Waals surface area (Å²) < 4.78 is 0. The summed E-state index contributed by atoms with van der Waals surface area (Å²) in [4.78, 5) is 2.70. The summed E-state index contributed by atoms with van der Waals surface area (Å²) in [6, 6.07) is 0.926. The Morgan fingerprint density at radius 2 is 2.00 bits per heavy atom. The Hall–Kier alpha value is 0.440. The molecular weight excluding hydrogens is 238 g/mol. The molecule has 1 saturated carbocycles. The summed E-state index contributed by atoms with van der Waals surface area (Å²) in [6.07, 6.45) is 4.17. The summed E-state index contributed by atoms with van der Waals surface area (Å²) in [5.41, 5.74) is 0. The lowest BCUT2D eigenvalue weighted by Gasteiger charge is -2.28. The topological polar surface area (TPSA) is 3.24 Å². The molecule has 0 radical (unpaired) electrons. The van der Waals surface area contributed by atoms with Gasteiger partial charge >= 0.3 is 0 Å². The maximum Gasteiger partial charge on any atom is 0.00965 e. The smallest absolute Gasteiger partial charge is 0.00965 e. The maximum absolute atomic E-state index is 3.64. The molecule has 0 amide bonds. The van der Waals surface area contributed by atoms with Gasteiger partial charge in [0.2, 0.25) is 0 Å². The van der Waals surface area contributed by atoms with Crippen molar-refractivity contribution in [1.29, 1.82) is 0 Å². The molecule has 1 aliphatic carbocycles. The van der Waals surface area contributed by atoms with Crippen LogP contribution in [0.2, 0.25) is 0 Å². The van der Waals surface area contributed by atoms with Gasteiger partial charge in [0, 0.05) is 17.9 Å². The van der Waals surface area contributed by atoms with Crippen molar-refractivity contribution < 1.29 is 0 Å². The van der Waals surface area contributed by atoms with E-state index in [0.717, 1.165) is 23.2 Å². The Bertz CT molecular complexity index is 154. The molecule has 0 aromatic heterocycles. The molecule has 84 valence electrons. The number of alkyl halides is 1. The second kappa shape index (κ2) is 6.12. The summed E-state index contributed by atoms with van der Waals surface area (Å²) in [5, 5.41) is 1.15. The molecule has 0 heterocycles. The molecule has 2 heteroatoms. The zero-order chi connectivity index (χ0) is 10.6. The van der Waals surface area contributed by atoms with Gasteiger partial charge in [-0.1, -0.05) is 36.7 Å². The molecule has 1 aliphatic rings. The number of hydrogen-bond acceptors (Lipinski definition) is 1. The molecule has 1 nitrogen and oxygen atoms in total. The Kier molecular flexibility index (Phi) is 5.47. The van der Waals surface area contributed by atoms with Crippen molar-refractivity contribution in [3.8, 4) is 0 Å². The van der Waals surface area contributed by atoms with Crippen molar-refractivity contribution in [3.05, 3.63) is 0 Å². The number of nitrogens with zero attached hydrogens (tertiary/aromatic N) is 1. The van der Waals surface area contributed by atoms with Gasteiger partial charge in [0.25, 0.3) is 0 Å². The Balaban J connectivity index is 2.35. The van der Waals surface area contributed by atoms with Gasteiger partial charge in [0.05, 0.1) is 0 Å². The van der Waals surface area contributed by atoms with Gasteiger partial charge in [-0.25, -0.2) is 0 Å². The Labute approximate surface area is 97.4 Å². The van der Waals surface area contributed by atoms with E-state index in [0.29, 0.717) is 0 Å². The van der Waals surface area contributed by atoms with Crippen molar-refractivity contribution in [2.24, 2.45) is 11.8 Å². The van der Waals surface area contributed by atoms with E-state index in [-0.39, 0.29) is 0 Å². The average molecular weight is 262 g/mol. The molecule has 1 atom stereocenters. The SMILES string of the molecule is CCCN(CC(CBr)C(C)C)C1CC1. The Morgan fingerprint density at radius 1 is 1.36 bits per heavy atom. The summed E-state index contributed by atoms with van der Waals surface area (Å²) in [7, 11) is 0. The number of hydrogen-bond donors (Lipinski definition) is 0. The predicted molar refractivity (Wildman–Crippen MR) is 67.0 cm³/mol. The molecule has 0 aromatic carbocycles. The molecule has 0 aromatic rings. The highest BCUT2D eigenvalue weighted by Gasteiger charge is 2.30. The lowest BCUT2D eigenvalue weighted by Crippen LogP contribution is -2.34. The second-order valence-corrected chi connectivity index (χ2v) is 5.53. The van der Waals surface area contributed by atoms with E-state index >= 15 is 0 Å². The third-order valence-electron chi connectivity index (χ3n) is 3.18. The van der Waals surface area contributed by atoms with E-state index in [4.69, 9.17) is 0 Å². The molecular formula is C12H24BrN. The first kappa shape index (κ1) is 12.5. The summed E-state index contributed by atoms with van der Waals surface area (Å²) >= 11 is 3.64. The molecule has 0 spiro atoms. The molecule has 0 bridgehead atoms. The van der Waals surface area contributed by atoms with Crippen LogP contribution in [0.4, 0.5) is 0 Å². The van der Waals surface area contributed by atoms with E-state index < -0.39 is 0 Å². The minimum Gasteiger partial charge on any atom is -0.300 e. The molecule has 0 aliphatic heterocycles. The summed E-state index contributed by atoms with van der Waals surface area (Å²) in [5.74, 6) is 1.62. The van der Waals surface area contributed by atoms with Crippen LogP contribution in [0.3, 0.4) is 0 Å². The third kappa shape index (κ3) is 3.90. The zero-order valence-corrected chi connectivity index (χ0v) is 11.4. The molecule has 0 N–H and O–H groups in total. The fraction of sp³-hybridized carbons (Fsp3) is 1.00. The third-order valence-corrected chi connectivity index (χ3v) is 4.02. The quantitative estimate of drug-likeness (QED) is 0.634. The van der Waals surface area contributed by atoms with Crippen LogP contribution in [0.15, 0.2) is 0 Å². The van der Waals surface area contributed by atoms with Gasteiger partial charge in [0.15, 0.2) is 0 Å². The largest absolute Gasteiger partial charge is 0.300 e. The predicted octanol–water partition coefficient (Wildman–Crippen LogP) is 3.53. The lowest BCUT2D eigenvalue weighted by molar-refractivity contribution is 0.206. The van der Waals surface area contributed by atoms with Crippen LogP contribution in [0.5, 0.6) is 0 Å². The maximum atomic E-state index is 3.64. The Morgan fingerprint density at radius 3 is 2.36 bits per heavy atom. The van der Waals surface area contributed by atoms with Crippen molar-refractivity contribution in [3.63, 3.8) is 0 Å². The van der Waals surface area contributed by atoms with Gasteiger partial charge in [-0.3, -0.25) is 0 Å². The van der Waals surface area contributed by atoms with Crippen molar-refractivity contribution >= 4 is 15.9 Å². The van der Waals surface area contributed by atoms with Gasteiger partial charge in [-0.2, -0.15) is 0 Å². The van der Waals surface area contributed by atoms with Crippen LogP contribution < -0.4 is 0 Å². The number of halogens is 1. The van der Waals surface area contributed by atoms with Crippen molar-refractivity contribution in [2.75, 3.05) is 18.4 Å². The van der Waals surface area contributed by atoms with Crippen LogP contribution in [-0.2, 0) is 0 Å². The van der Waals surface area contributed by atoms with Crippen LogP contribution >= 0.6 is 15.9 Å². The molecule has 1 fully saturated rings. The lowest BCUT2D eigenvalue weighted by atomic mass is 9.97. The fourth-order valence-corrected chi connectivity index (χ4v) is 2.84. The highest BCUT2D eigenvalue weighted by Crippen LogP contribution is 2.29. The highest BCUT2D eigenvalue weighted by atomic mass is 79.9. The molecule has 14 heavy (non-hydrogen) atoms. The van der Waals surface area contributed by atoms with Gasteiger partial charge in [-0.05, 0) is 37.6 Å². The van der Waals surface area contributed by atoms with Gasteiger partial charge in [-0.15, -0.1) is 0 Å². The molecule has 0 saturated heterocycles.